The Balaban J connectivity index is 2.39. The zero-order chi connectivity index (χ0) is 13.4. The summed E-state index contributed by atoms with van der Waals surface area (Å²) in [5.74, 6) is 0.692. The molecule has 104 valence electrons. The van der Waals surface area contributed by atoms with Crippen molar-refractivity contribution in [1.29, 1.82) is 0 Å². The van der Waals surface area contributed by atoms with Gasteiger partial charge in [0, 0.05) is 25.8 Å². The van der Waals surface area contributed by atoms with E-state index in [1.807, 2.05) is 12.5 Å². The molecule has 1 N–H and O–H groups in total. The third-order valence-corrected chi connectivity index (χ3v) is 3.21. The first-order valence-electron chi connectivity index (χ1n) is 7.09. The summed E-state index contributed by atoms with van der Waals surface area (Å²) in [6.45, 7) is 15.2. The minimum Gasteiger partial charge on any atom is -0.332 e. The van der Waals surface area contributed by atoms with Gasteiger partial charge in [0.05, 0.1) is 12.0 Å². The SMILES string of the molecule is CCN(CC)CCn1cncc1CNCC(C)C. The fourth-order valence-electron chi connectivity index (χ4n) is 1.97. The van der Waals surface area contributed by atoms with Gasteiger partial charge in [0.2, 0.25) is 0 Å². The van der Waals surface area contributed by atoms with Gasteiger partial charge in [0.25, 0.3) is 0 Å². The molecule has 0 radical (unpaired) electrons. The molecule has 4 nitrogen and oxygen atoms in total. The molecule has 1 aromatic rings. The number of hydrogen-bond acceptors (Lipinski definition) is 3. The quantitative estimate of drug-likeness (QED) is 0.729. The summed E-state index contributed by atoms with van der Waals surface area (Å²) in [6.07, 6.45) is 3.91. The molecular formula is C14H28N4. The molecule has 0 saturated carbocycles. The van der Waals surface area contributed by atoms with Gasteiger partial charge in [-0.2, -0.15) is 0 Å². The monoisotopic (exact) mass is 252 g/mol. The Morgan fingerprint density at radius 2 is 2.06 bits per heavy atom. The van der Waals surface area contributed by atoms with Crippen LogP contribution >= 0.6 is 0 Å². The van der Waals surface area contributed by atoms with Crippen LogP contribution in [-0.4, -0.2) is 40.6 Å². The number of nitrogens with zero attached hydrogens (tertiary/aromatic N) is 3. The van der Waals surface area contributed by atoms with Crippen LogP contribution in [0.2, 0.25) is 0 Å². The van der Waals surface area contributed by atoms with Crippen LogP contribution in [0.25, 0.3) is 0 Å². The zero-order valence-corrected chi connectivity index (χ0v) is 12.3. The second kappa shape index (κ2) is 8.27. The van der Waals surface area contributed by atoms with Gasteiger partial charge < -0.3 is 14.8 Å². The van der Waals surface area contributed by atoms with Gasteiger partial charge in [-0.25, -0.2) is 4.98 Å². The fraction of sp³-hybridized carbons (Fsp3) is 0.786. The first kappa shape index (κ1) is 15.2. The molecule has 0 atom stereocenters. The first-order chi connectivity index (χ1) is 8.67. The molecule has 0 aromatic carbocycles. The maximum atomic E-state index is 4.25. The molecule has 0 bridgehead atoms. The summed E-state index contributed by atoms with van der Waals surface area (Å²) in [6, 6.07) is 0. The van der Waals surface area contributed by atoms with Crippen molar-refractivity contribution in [2.75, 3.05) is 26.2 Å². The largest absolute Gasteiger partial charge is 0.332 e. The summed E-state index contributed by atoms with van der Waals surface area (Å²) in [5, 5.41) is 3.47. The molecule has 0 saturated heterocycles. The lowest BCUT2D eigenvalue weighted by Gasteiger charge is -2.19. The van der Waals surface area contributed by atoms with E-state index in [4.69, 9.17) is 0 Å². The summed E-state index contributed by atoms with van der Waals surface area (Å²) in [7, 11) is 0. The summed E-state index contributed by atoms with van der Waals surface area (Å²) < 4.78 is 2.26. The van der Waals surface area contributed by atoms with Gasteiger partial charge in [0.15, 0.2) is 0 Å². The Morgan fingerprint density at radius 1 is 1.33 bits per heavy atom. The summed E-state index contributed by atoms with van der Waals surface area (Å²) >= 11 is 0. The number of imidazole rings is 1. The van der Waals surface area contributed by atoms with Gasteiger partial charge in [-0.15, -0.1) is 0 Å². The number of aromatic nitrogens is 2. The predicted molar refractivity (Wildman–Crippen MR) is 76.6 cm³/mol. The Morgan fingerprint density at radius 3 is 2.67 bits per heavy atom. The van der Waals surface area contributed by atoms with E-state index >= 15 is 0 Å². The first-order valence-corrected chi connectivity index (χ1v) is 7.09. The molecule has 0 amide bonds. The lowest BCUT2D eigenvalue weighted by Crippen LogP contribution is -2.28. The Labute approximate surface area is 111 Å². The van der Waals surface area contributed by atoms with E-state index in [0.29, 0.717) is 5.92 Å². The smallest absolute Gasteiger partial charge is 0.0949 e. The molecule has 4 heteroatoms. The highest BCUT2D eigenvalue weighted by atomic mass is 15.2. The number of nitrogens with one attached hydrogen (secondary N) is 1. The maximum Gasteiger partial charge on any atom is 0.0949 e. The lowest BCUT2D eigenvalue weighted by molar-refractivity contribution is 0.289. The molecule has 0 aliphatic rings. The van der Waals surface area contributed by atoms with E-state index in [1.165, 1.54) is 5.69 Å². The molecule has 0 spiro atoms. The van der Waals surface area contributed by atoms with Crippen molar-refractivity contribution in [3.8, 4) is 0 Å². The minimum atomic E-state index is 0.692. The standard InChI is InChI=1S/C14H28N4/c1-5-17(6-2)7-8-18-12-16-11-14(18)10-15-9-13(3)4/h11-13,15H,5-10H2,1-4H3. The minimum absolute atomic E-state index is 0.692. The highest BCUT2D eigenvalue weighted by Gasteiger charge is 2.04. The van der Waals surface area contributed by atoms with Crippen LogP contribution in [0.3, 0.4) is 0 Å². The van der Waals surface area contributed by atoms with Gasteiger partial charge in [-0.3, -0.25) is 0 Å². The van der Waals surface area contributed by atoms with Crippen LogP contribution in [0.1, 0.15) is 33.4 Å². The van der Waals surface area contributed by atoms with Crippen LogP contribution in [0.15, 0.2) is 12.5 Å². The Bertz CT molecular complexity index is 315. The molecule has 1 rings (SSSR count). The van der Waals surface area contributed by atoms with E-state index in [-0.39, 0.29) is 0 Å². The van der Waals surface area contributed by atoms with Gasteiger partial charge in [0.1, 0.15) is 0 Å². The van der Waals surface area contributed by atoms with Gasteiger partial charge in [-0.05, 0) is 25.6 Å². The number of hydrogen-bond donors (Lipinski definition) is 1. The zero-order valence-electron chi connectivity index (χ0n) is 12.3. The number of rotatable bonds is 9. The molecule has 0 fully saturated rings. The second-order valence-electron chi connectivity index (χ2n) is 5.13. The molecule has 0 unspecified atom stereocenters. The van der Waals surface area contributed by atoms with Crippen molar-refractivity contribution in [1.82, 2.24) is 19.8 Å². The summed E-state index contributed by atoms with van der Waals surface area (Å²) in [4.78, 5) is 6.69. The van der Waals surface area contributed by atoms with Crippen LogP contribution in [0.5, 0.6) is 0 Å². The highest BCUT2D eigenvalue weighted by molar-refractivity contribution is 4.98. The van der Waals surface area contributed by atoms with Crippen LogP contribution in [0, 0.1) is 5.92 Å². The fourth-order valence-corrected chi connectivity index (χ4v) is 1.97. The van der Waals surface area contributed by atoms with Crippen molar-refractivity contribution in [3.63, 3.8) is 0 Å². The topological polar surface area (TPSA) is 33.1 Å². The second-order valence-corrected chi connectivity index (χ2v) is 5.13. The van der Waals surface area contributed by atoms with Crippen molar-refractivity contribution in [3.05, 3.63) is 18.2 Å². The molecule has 0 aliphatic carbocycles. The Kier molecular flexibility index (Phi) is 6.98. The van der Waals surface area contributed by atoms with E-state index in [9.17, 15) is 0 Å². The average Bonchev–Trinajstić information content (AvgIpc) is 2.78. The lowest BCUT2D eigenvalue weighted by atomic mass is 10.2. The van der Waals surface area contributed by atoms with Gasteiger partial charge >= 0.3 is 0 Å². The van der Waals surface area contributed by atoms with Crippen molar-refractivity contribution < 1.29 is 0 Å². The van der Waals surface area contributed by atoms with E-state index in [2.05, 4.69) is 47.5 Å². The molecular weight excluding hydrogens is 224 g/mol. The van der Waals surface area contributed by atoms with Gasteiger partial charge in [-0.1, -0.05) is 27.7 Å². The van der Waals surface area contributed by atoms with Crippen LogP contribution in [0.4, 0.5) is 0 Å². The van der Waals surface area contributed by atoms with Crippen molar-refractivity contribution >= 4 is 0 Å². The van der Waals surface area contributed by atoms with E-state index in [1.54, 1.807) is 0 Å². The number of likely N-dealkylation sites (N-methyl/N-ethyl adjacent to an activating group) is 1. The maximum absolute atomic E-state index is 4.25. The Hall–Kier alpha value is -0.870. The third-order valence-electron chi connectivity index (χ3n) is 3.21. The third kappa shape index (κ3) is 5.19. The van der Waals surface area contributed by atoms with Crippen molar-refractivity contribution in [2.24, 2.45) is 5.92 Å². The normalized spacial score (nSPS) is 11.7. The van der Waals surface area contributed by atoms with E-state index in [0.717, 1.165) is 39.3 Å². The molecule has 1 heterocycles. The molecule has 1 aromatic heterocycles. The highest BCUT2D eigenvalue weighted by Crippen LogP contribution is 2.01. The van der Waals surface area contributed by atoms with Crippen molar-refractivity contribution in [2.45, 2.75) is 40.8 Å². The van der Waals surface area contributed by atoms with Crippen LogP contribution in [-0.2, 0) is 13.1 Å². The van der Waals surface area contributed by atoms with E-state index < -0.39 is 0 Å². The predicted octanol–water partition coefficient (Wildman–Crippen LogP) is 1.97. The van der Waals surface area contributed by atoms with Crippen LogP contribution < -0.4 is 5.32 Å². The molecule has 0 aliphatic heterocycles. The average molecular weight is 252 g/mol. The summed E-state index contributed by atoms with van der Waals surface area (Å²) in [5.41, 5.74) is 1.28. The molecule has 18 heavy (non-hydrogen) atoms.